The number of fused-ring (bicyclic) bond motifs is 3. The smallest absolute Gasteiger partial charge is 0.462 e. The Balaban J connectivity index is 1.74. The van der Waals surface area contributed by atoms with Crippen molar-refractivity contribution in [1.82, 2.24) is 9.55 Å². The first kappa shape index (κ1) is 66.4. The lowest BCUT2D eigenvalue weighted by Gasteiger charge is -2.39. The van der Waals surface area contributed by atoms with E-state index in [-0.39, 0.29) is 25.1 Å². The van der Waals surface area contributed by atoms with Crippen LogP contribution < -0.4 is 11.4 Å². The van der Waals surface area contributed by atoms with Crippen molar-refractivity contribution in [2.24, 2.45) is 17.8 Å². The number of carbonyl (C=O) groups excluding carboxylic acids is 3. The minimum Gasteiger partial charge on any atom is -0.462 e. The predicted octanol–water partition coefficient (Wildman–Crippen LogP) is 8.45. The fourth-order valence-electron chi connectivity index (χ4n) is 9.29. The molecule has 8 N–H and O–H groups in total. The summed E-state index contributed by atoms with van der Waals surface area (Å²) >= 11 is 0. The number of nitrogens with two attached hydrogens (primary N) is 1. The Morgan fingerprint density at radius 2 is 1.40 bits per heavy atom. The van der Waals surface area contributed by atoms with Gasteiger partial charge in [-0.15, -0.1) is 0 Å². The zero-order valence-corrected chi connectivity index (χ0v) is 46.5. The summed E-state index contributed by atoms with van der Waals surface area (Å²) in [5.41, 5.74) is 4.79. The number of Topliss-reactive ketones (excluding diaryl/α,β-unsaturated/α-hetero) is 1. The van der Waals surface area contributed by atoms with E-state index in [4.69, 9.17) is 29.0 Å². The number of aliphatic hydroxyl groups is 4. The van der Waals surface area contributed by atoms with Crippen molar-refractivity contribution in [2.75, 3.05) is 25.6 Å². The molecule has 2 fully saturated rings. The van der Waals surface area contributed by atoms with Gasteiger partial charge in [0.1, 0.15) is 36.6 Å². The Kier molecular flexibility index (Phi) is 32.1. The van der Waals surface area contributed by atoms with E-state index in [9.17, 15) is 58.5 Å². The molecule has 2 aliphatic rings. The Morgan fingerprint density at radius 3 is 2.01 bits per heavy atom. The standard InChI is InChI=1S/C52H91N3O18P2/c1-4-5-20-26-39(56)30-31-41-43(57)34-44(58)42-27-22-18-19-23-28-47(59)68-35-40(71-48(60)29-24-17-15-13-11-9-7-6-8-10-12-14-16-21-25-38(2)3)36-69-74(64,65)73-75(66,67)70-37-45(50(62)49(41)61)72-51(42)55-33-32-46(53)54-52(55)63/h30-33,38-42,44-45,49-51,56,58,61-62H,4-29,34-37H2,1-3H3,(H,64,65)(H,66,67)(H2,53,54,63)/b31-30+/t39-,40+,41-,42-,44-,45+,49-,50+,51+/m0/s1. The number of ether oxygens (including phenoxy) is 3. The molecule has 21 nitrogen and oxygen atoms in total. The molecular formula is C52H91N3O18P2. The van der Waals surface area contributed by atoms with Crippen molar-refractivity contribution < 1.29 is 81.3 Å². The molecule has 11 atom stereocenters. The summed E-state index contributed by atoms with van der Waals surface area (Å²) < 4.78 is 59.2. The number of phosphoric acid groups is 2. The van der Waals surface area contributed by atoms with E-state index in [1.807, 2.05) is 6.92 Å². The van der Waals surface area contributed by atoms with Crippen LogP contribution >= 0.6 is 15.6 Å². The Bertz CT molecular complexity index is 1990. The van der Waals surface area contributed by atoms with Gasteiger partial charge in [0.25, 0.3) is 0 Å². The van der Waals surface area contributed by atoms with Crippen LogP contribution in [0.2, 0.25) is 0 Å². The molecule has 23 heteroatoms. The van der Waals surface area contributed by atoms with E-state index in [2.05, 4.69) is 23.1 Å². The van der Waals surface area contributed by atoms with Gasteiger partial charge in [-0.1, -0.05) is 161 Å². The second kappa shape index (κ2) is 36.3. The molecule has 0 spiro atoms. The molecule has 0 aliphatic carbocycles. The van der Waals surface area contributed by atoms with Crippen molar-refractivity contribution in [3.8, 4) is 0 Å². The Labute approximate surface area is 443 Å². The van der Waals surface area contributed by atoms with Crippen molar-refractivity contribution in [2.45, 2.75) is 237 Å². The number of esters is 2. The number of hydrogen-bond acceptors (Lipinski definition) is 18. The summed E-state index contributed by atoms with van der Waals surface area (Å²) in [7, 11) is -11.3. The summed E-state index contributed by atoms with van der Waals surface area (Å²) in [4.78, 5) is 78.3. The maximum absolute atomic E-state index is 14.0. The summed E-state index contributed by atoms with van der Waals surface area (Å²) in [5.74, 6) is -4.25. The van der Waals surface area contributed by atoms with E-state index in [1.165, 1.54) is 88.6 Å². The molecule has 75 heavy (non-hydrogen) atoms. The van der Waals surface area contributed by atoms with Crippen LogP contribution in [0.4, 0.5) is 5.82 Å². The minimum absolute atomic E-state index is 0.00703. The molecule has 2 aliphatic heterocycles. The molecular weight excluding hydrogens is 1020 g/mol. The molecule has 1 aromatic heterocycles. The van der Waals surface area contributed by atoms with Crippen LogP contribution in [0, 0.1) is 17.8 Å². The number of nitrogen functional groups attached to an aromatic ring is 1. The van der Waals surface area contributed by atoms with Crippen LogP contribution in [-0.2, 0) is 51.1 Å². The SMILES string of the molecule is CCCCC[C@H](O)/C=C/[C@H]1C(=O)C[C@H](O)[C@@H]2CCCCCCC(=O)OC[C@@H](OC(=O)CCCCCCCCCCCCCCCCC(C)C)COP(=O)(O)OP(=O)(O)OC[C@@H](O[C@H]2n2ccc(N)nc2=O)[C@@H](O)[C@H]1O. The average Bonchev–Trinajstić information content (AvgIpc) is 3.33. The van der Waals surface area contributed by atoms with Gasteiger partial charge in [0, 0.05) is 31.4 Å². The molecule has 0 saturated carbocycles. The number of ketones is 1. The fourth-order valence-corrected chi connectivity index (χ4v) is 11.4. The molecule has 2 bridgehead atoms. The van der Waals surface area contributed by atoms with E-state index in [0.717, 1.165) is 49.0 Å². The number of cyclic esters (lactones) is 1. The summed E-state index contributed by atoms with van der Waals surface area (Å²) in [6, 6.07) is 1.25. The van der Waals surface area contributed by atoms with Crippen LogP contribution in [-0.4, -0.2) is 114 Å². The zero-order chi connectivity index (χ0) is 55.2. The van der Waals surface area contributed by atoms with E-state index < -0.39 is 120 Å². The average molecular weight is 1110 g/mol. The van der Waals surface area contributed by atoms with Crippen LogP contribution in [0.25, 0.3) is 0 Å². The highest BCUT2D eigenvalue weighted by molar-refractivity contribution is 7.61. The van der Waals surface area contributed by atoms with Crippen LogP contribution in [0.3, 0.4) is 0 Å². The lowest BCUT2D eigenvalue weighted by Crippen LogP contribution is -2.51. The van der Waals surface area contributed by atoms with Gasteiger partial charge in [0.05, 0.1) is 37.4 Å². The second-order valence-corrected chi connectivity index (χ2v) is 23.7. The van der Waals surface area contributed by atoms with Gasteiger partial charge in [-0.2, -0.15) is 9.29 Å². The maximum atomic E-state index is 14.0. The highest BCUT2D eigenvalue weighted by Crippen LogP contribution is 2.60. The van der Waals surface area contributed by atoms with Crippen LogP contribution in [0.15, 0.2) is 29.2 Å². The highest BCUT2D eigenvalue weighted by atomic mass is 31.3. The van der Waals surface area contributed by atoms with E-state index >= 15 is 0 Å². The van der Waals surface area contributed by atoms with E-state index in [1.54, 1.807) is 0 Å². The van der Waals surface area contributed by atoms with Gasteiger partial charge in [-0.05, 0) is 37.7 Å². The first-order valence-corrected chi connectivity index (χ1v) is 30.7. The molecule has 3 rings (SSSR count). The lowest BCUT2D eigenvalue weighted by atomic mass is 9.83. The van der Waals surface area contributed by atoms with E-state index in [0.29, 0.717) is 44.9 Å². The molecule has 1 aromatic rings. The quantitative estimate of drug-likeness (QED) is 0.0209. The number of nitrogens with zero attached hydrogens (tertiary/aromatic N) is 2. The van der Waals surface area contributed by atoms with Gasteiger partial charge >= 0.3 is 33.3 Å². The molecule has 2 unspecified atom stereocenters. The highest BCUT2D eigenvalue weighted by Gasteiger charge is 2.45. The number of rotatable bonds is 25. The molecule has 0 radical (unpaired) electrons. The van der Waals surface area contributed by atoms with Crippen LogP contribution in [0.5, 0.6) is 0 Å². The normalized spacial score (nSPS) is 28.9. The summed E-state index contributed by atoms with van der Waals surface area (Å²) in [6.45, 7) is 3.82. The third-order valence-corrected chi connectivity index (χ3v) is 16.3. The predicted molar refractivity (Wildman–Crippen MR) is 281 cm³/mol. The number of unbranched alkanes of at least 4 members (excludes halogenated alkanes) is 15. The first-order valence-electron chi connectivity index (χ1n) is 27.7. The third kappa shape index (κ3) is 27.5. The van der Waals surface area contributed by atoms with Crippen molar-refractivity contribution in [1.29, 1.82) is 0 Å². The Hall–Kier alpha value is -2.91. The Morgan fingerprint density at radius 1 is 0.813 bits per heavy atom. The largest absolute Gasteiger partial charge is 0.481 e. The molecule has 3 heterocycles. The number of aliphatic hydroxyl groups excluding tert-OH is 4. The second-order valence-electron chi connectivity index (χ2n) is 20.7. The number of carbonyl (C=O) groups is 3. The minimum atomic E-state index is -5.71. The molecule has 2 saturated heterocycles. The number of phosphoric ester groups is 2. The first-order chi connectivity index (χ1) is 35.7. The monoisotopic (exact) mass is 1110 g/mol. The number of aromatic nitrogens is 2. The van der Waals surface area contributed by atoms with Gasteiger partial charge in [0.15, 0.2) is 6.10 Å². The van der Waals surface area contributed by atoms with Crippen molar-refractivity contribution in [3.63, 3.8) is 0 Å². The summed E-state index contributed by atoms with van der Waals surface area (Å²) in [6.07, 6.45) is 12.6. The van der Waals surface area contributed by atoms with Gasteiger partial charge < -0.3 is 50.2 Å². The fraction of sp³-hybridized carbons (Fsp3) is 0.827. The van der Waals surface area contributed by atoms with Crippen LogP contribution in [0.1, 0.15) is 200 Å². The molecule has 0 amide bonds. The zero-order valence-electron chi connectivity index (χ0n) is 44.7. The number of hydrogen-bond donors (Lipinski definition) is 7. The molecule has 432 valence electrons. The summed E-state index contributed by atoms with van der Waals surface area (Å²) in [5, 5.41) is 45.8. The van der Waals surface area contributed by atoms with Crippen molar-refractivity contribution in [3.05, 3.63) is 34.9 Å². The topological polar surface area (TPSA) is 323 Å². The van der Waals surface area contributed by atoms with Gasteiger partial charge in [0.2, 0.25) is 0 Å². The van der Waals surface area contributed by atoms with Crippen molar-refractivity contribution >= 4 is 39.2 Å². The third-order valence-electron chi connectivity index (χ3n) is 13.7. The number of anilines is 1. The van der Waals surface area contributed by atoms with Gasteiger partial charge in [-0.25, -0.2) is 13.9 Å². The lowest BCUT2D eigenvalue weighted by molar-refractivity contribution is -0.188. The maximum Gasteiger partial charge on any atom is 0.481 e. The van der Waals surface area contributed by atoms with Gasteiger partial charge in [-0.3, -0.25) is 28.0 Å². The molecule has 0 aromatic carbocycles.